The Morgan fingerprint density at radius 3 is 2.44 bits per heavy atom. The number of Topliss-reactive ketones (excluding diaryl/α,β-unsaturated/α-hetero) is 1. The minimum atomic E-state index is -0.768. The Hall–Kier alpha value is -1.97. The fourth-order valence-corrected chi connectivity index (χ4v) is 1.16. The monoisotopic (exact) mass is 222 g/mol. The largest absolute Gasteiger partial charge is 0.465 e. The zero-order chi connectivity index (χ0) is 12.1. The summed E-state index contributed by atoms with van der Waals surface area (Å²) in [6, 6.07) is 5.87. The molecule has 0 saturated carbocycles. The summed E-state index contributed by atoms with van der Waals surface area (Å²) in [5, 5.41) is 0. The van der Waals surface area contributed by atoms with Gasteiger partial charge < -0.3 is 4.74 Å². The highest BCUT2D eigenvalue weighted by Gasteiger charge is 2.15. The Bertz CT molecular complexity index is 449. The zero-order valence-corrected chi connectivity index (χ0v) is 8.99. The van der Waals surface area contributed by atoms with Crippen molar-refractivity contribution in [2.45, 2.75) is 6.92 Å². The maximum Gasteiger partial charge on any atom is 0.341 e. The van der Waals surface area contributed by atoms with E-state index in [1.807, 2.05) is 0 Å². The van der Waals surface area contributed by atoms with E-state index in [4.69, 9.17) is 0 Å². The third-order valence-corrected chi connectivity index (χ3v) is 1.99. The molecule has 0 fully saturated rings. The molecule has 4 heteroatoms. The summed E-state index contributed by atoms with van der Waals surface area (Å²) in [6.07, 6.45) is 1.18. The molecule has 0 radical (unpaired) electrons. The topological polar surface area (TPSA) is 43.4 Å². The van der Waals surface area contributed by atoms with Gasteiger partial charge in [0.05, 0.1) is 7.11 Å². The van der Waals surface area contributed by atoms with Gasteiger partial charge in [0.25, 0.3) is 0 Å². The Kier molecular flexibility index (Phi) is 3.94. The average molecular weight is 222 g/mol. The molecule has 0 saturated heterocycles. The van der Waals surface area contributed by atoms with Crippen LogP contribution in [0.4, 0.5) is 4.39 Å². The number of hydrogen-bond acceptors (Lipinski definition) is 3. The molecule has 0 aliphatic heterocycles. The van der Waals surface area contributed by atoms with E-state index in [-0.39, 0.29) is 11.1 Å². The number of ketones is 1. The maximum absolute atomic E-state index is 13.3. The first-order valence-electron chi connectivity index (χ1n) is 4.61. The second-order valence-corrected chi connectivity index (χ2v) is 3.13. The number of carbonyl (C=O) groups is 2. The number of rotatable bonds is 3. The lowest BCUT2D eigenvalue weighted by Gasteiger charge is -2.02. The predicted molar refractivity (Wildman–Crippen MR) is 57.1 cm³/mol. The van der Waals surface area contributed by atoms with Crippen LogP contribution in [0.3, 0.4) is 0 Å². The highest BCUT2D eigenvalue weighted by atomic mass is 19.1. The summed E-state index contributed by atoms with van der Waals surface area (Å²) in [4.78, 5) is 22.4. The van der Waals surface area contributed by atoms with E-state index >= 15 is 0 Å². The number of esters is 1. The Balaban J connectivity index is 3.18. The van der Waals surface area contributed by atoms with Gasteiger partial charge in [0.1, 0.15) is 11.4 Å². The van der Waals surface area contributed by atoms with Crippen LogP contribution >= 0.6 is 0 Å². The zero-order valence-electron chi connectivity index (χ0n) is 8.99. The fourth-order valence-electron chi connectivity index (χ4n) is 1.16. The number of methoxy groups -OCH3 is 1. The van der Waals surface area contributed by atoms with Crippen molar-refractivity contribution in [3.63, 3.8) is 0 Å². The van der Waals surface area contributed by atoms with Crippen LogP contribution in [-0.2, 0) is 14.3 Å². The van der Waals surface area contributed by atoms with E-state index in [0.29, 0.717) is 0 Å². The molecule has 0 spiro atoms. The molecule has 0 aliphatic carbocycles. The van der Waals surface area contributed by atoms with Crippen molar-refractivity contribution in [2.75, 3.05) is 7.11 Å². The molecule has 0 heterocycles. The van der Waals surface area contributed by atoms with Crippen LogP contribution in [0.5, 0.6) is 0 Å². The molecule has 0 bridgehead atoms. The van der Waals surface area contributed by atoms with Gasteiger partial charge in [-0.25, -0.2) is 9.18 Å². The molecule has 0 unspecified atom stereocenters. The lowest BCUT2D eigenvalue weighted by atomic mass is 10.1. The van der Waals surface area contributed by atoms with Crippen LogP contribution in [0.15, 0.2) is 29.8 Å². The van der Waals surface area contributed by atoms with Gasteiger partial charge >= 0.3 is 5.97 Å². The Morgan fingerprint density at radius 1 is 1.31 bits per heavy atom. The SMILES string of the molecule is COC(=O)/C(=C\c1ccccc1F)C(C)=O. The quantitative estimate of drug-likeness (QED) is 0.340. The summed E-state index contributed by atoms with van der Waals surface area (Å²) in [5.41, 5.74) is 0.00528. The van der Waals surface area contributed by atoms with Crippen LogP contribution in [0.1, 0.15) is 12.5 Å². The molecule has 1 aromatic carbocycles. The van der Waals surface area contributed by atoms with Gasteiger partial charge in [-0.05, 0) is 19.1 Å². The summed E-state index contributed by atoms with van der Waals surface area (Å²) in [6.45, 7) is 1.23. The smallest absolute Gasteiger partial charge is 0.341 e. The standard InChI is InChI=1S/C12H11FO3/c1-8(14)10(12(15)16-2)7-9-5-3-4-6-11(9)13/h3-7H,1-2H3/b10-7-. The fraction of sp³-hybridized carbons (Fsp3) is 0.167. The van der Waals surface area contributed by atoms with Crippen LogP contribution in [-0.4, -0.2) is 18.9 Å². The number of halogens is 1. The van der Waals surface area contributed by atoms with Gasteiger partial charge in [0.15, 0.2) is 5.78 Å². The van der Waals surface area contributed by atoms with Crippen molar-refractivity contribution in [1.29, 1.82) is 0 Å². The number of carbonyl (C=O) groups excluding carboxylic acids is 2. The van der Waals surface area contributed by atoms with Gasteiger partial charge in [0.2, 0.25) is 0 Å². The van der Waals surface area contributed by atoms with Crippen molar-refractivity contribution < 1.29 is 18.7 Å². The van der Waals surface area contributed by atoms with Crippen LogP contribution < -0.4 is 0 Å². The molecule has 0 aliphatic rings. The molecule has 16 heavy (non-hydrogen) atoms. The minimum Gasteiger partial charge on any atom is -0.465 e. The van der Waals surface area contributed by atoms with E-state index in [0.717, 1.165) is 0 Å². The normalized spacial score (nSPS) is 11.1. The van der Waals surface area contributed by atoms with Crippen LogP contribution in [0.25, 0.3) is 6.08 Å². The molecule has 3 nitrogen and oxygen atoms in total. The molecule has 0 atom stereocenters. The van der Waals surface area contributed by atoms with Crippen molar-refractivity contribution in [3.05, 3.63) is 41.2 Å². The second kappa shape index (κ2) is 5.21. The van der Waals surface area contributed by atoms with Gasteiger partial charge in [0, 0.05) is 5.56 Å². The number of benzene rings is 1. The Morgan fingerprint density at radius 2 is 1.94 bits per heavy atom. The first-order chi connectivity index (χ1) is 7.56. The van der Waals surface area contributed by atoms with Gasteiger partial charge in [-0.2, -0.15) is 0 Å². The molecule has 84 valence electrons. The predicted octanol–water partition coefficient (Wildman–Crippen LogP) is 1.97. The maximum atomic E-state index is 13.3. The Labute approximate surface area is 92.5 Å². The number of hydrogen-bond donors (Lipinski definition) is 0. The van der Waals surface area contributed by atoms with Crippen molar-refractivity contribution in [1.82, 2.24) is 0 Å². The van der Waals surface area contributed by atoms with Gasteiger partial charge in [-0.3, -0.25) is 4.79 Å². The van der Waals surface area contributed by atoms with Crippen molar-refractivity contribution in [2.24, 2.45) is 0 Å². The van der Waals surface area contributed by atoms with E-state index in [9.17, 15) is 14.0 Å². The van der Waals surface area contributed by atoms with E-state index in [2.05, 4.69) is 4.74 Å². The van der Waals surface area contributed by atoms with Crippen molar-refractivity contribution in [3.8, 4) is 0 Å². The van der Waals surface area contributed by atoms with E-state index in [1.54, 1.807) is 6.07 Å². The molecule has 1 aromatic rings. The van der Waals surface area contributed by atoms with Gasteiger partial charge in [-0.15, -0.1) is 0 Å². The van der Waals surface area contributed by atoms with Gasteiger partial charge in [-0.1, -0.05) is 18.2 Å². The third kappa shape index (κ3) is 2.76. The molecular weight excluding hydrogens is 211 g/mol. The summed E-state index contributed by atoms with van der Waals surface area (Å²) in [5.74, 6) is -1.73. The lowest BCUT2D eigenvalue weighted by molar-refractivity contribution is -0.137. The summed E-state index contributed by atoms with van der Waals surface area (Å²) >= 11 is 0. The van der Waals surface area contributed by atoms with Crippen molar-refractivity contribution >= 4 is 17.8 Å². The molecular formula is C12H11FO3. The van der Waals surface area contributed by atoms with E-state index in [1.165, 1.54) is 38.3 Å². The molecule has 1 rings (SSSR count). The first-order valence-corrected chi connectivity index (χ1v) is 4.61. The second-order valence-electron chi connectivity index (χ2n) is 3.13. The summed E-state index contributed by atoms with van der Waals surface area (Å²) < 4.78 is 17.7. The highest BCUT2D eigenvalue weighted by molar-refractivity contribution is 6.19. The van der Waals surface area contributed by atoms with E-state index < -0.39 is 17.6 Å². The average Bonchev–Trinajstić information content (AvgIpc) is 2.26. The minimum absolute atomic E-state index is 0.174. The van der Waals surface area contributed by atoms with Crippen LogP contribution in [0.2, 0.25) is 0 Å². The molecule has 0 aromatic heterocycles. The molecule has 0 N–H and O–H groups in total. The third-order valence-electron chi connectivity index (χ3n) is 1.99. The number of ether oxygens (including phenoxy) is 1. The lowest BCUT2D eigenvalue weighted by Crippen LogP contribution is -2.11. The molecule has 0 amide bonds. The first kappa shape index (κ1) is 12.1. The summed E-state index contributed by atoms with van der Waals surface area (Å²) in [7, 11) is 1.17. The van der Waals surface area contributed by atoms with Crippen LogP contribution in [0, 0.1) is 5.82 Å². The highest BCUT2D eigenvalue weighted by Crippen LogP contribution is 2.12.